The van der Waals surface area contributed by atoms with Crippen LogP contribution in [0.1, 0.15) is 31.1 Å². The van der Waals surface area contributed by atoms with Crippen LogP contribution in [0.2, 0.25) is 0 Å². The van der Waals surface area contributed by atoms with E-state index in [1.807, 2.05) is 47.9 Å². The van der Waals surface area contributed by atoms with Crippen molar-refractivity contribution in [3.05, 3.63) is 115 Å². The van der Waals surface area contributed by atoms with E-state index < -0.39 is 23.2 Å². The quantitative estimate of drug-likeness (QED) is 0.151. The number of nitrogens with one attached hydrogen (secondary N) is 2. The number of halogens is 2. The number of anilines is 4. The van der Waals surface area contributed by atoms with E-state index in [1.165, 1.54) is 6.07 Å². The van der Waals surface area contributed by atoms with Crippen LogP contribution in [0.25, 0.3) is 28.3 Å². The third kappa shape index (κ3) is 7.08. The van der Waals surface area contributed by atoms with Gasteiger partial charge in [-0.15, -0.1) is 0 Å². The van der Waals surface area contributed by atoms with E-state index in [1.54, 1.807) is 30.5 Å². The van der Waals surface area contributed by atoms with Gasteiger partial charge < -0.3 is 20.3 Å². The standard InChI is InChI=1S/C39H38F2N8O2/c1-4-51-33-24-28(48-21-19-47(20-22-48)25(2)3)14-15-31(33)43-39-42-17-16-32(44-39)37-35(45-34-13-5-6-18-49(34)37)26-9-7-10-27(23-26)38(50)46-36-29(40)11-8-12-30(36)41/h5-18,23-25H,4,19-22H2,1-3H3,(H,46,50)(H,42,43,44). The van der Waals surface area contributed by atoms with Gasteiger partial charge in [0.15, 0.2) is 0 Å². The Balaban J connectivity index is 1.19. The second-order valence-corrected chi connectivity index (χ2v) is 12.5. The van der Waals surface area contributed by atoms with Crippen molar-refractivity contribution in [2.45, 2.75) is 26.8 Å². The van der Waals surface area contributed by atoms with E-state index in [0.29, 0.717) is 52.6 Å². The minimum atomic E-state index is -0.861. The number of hydrogen-bond donors (Lipinski definition) is 2. The number of rotatable bonds is 10. The molecule has 2 N–H and O–H groups in total. The number of pyridine rings is 1. The first-order valence-electron chi connectivity index (χ1n) is 17.0. The summed E-state index contributed by atoms with van der Waals surface area (Å²) >= 11 is 0. The topological polar surface area (TPSA) is 99.9 Å². The molecule has 1 fully saturated rings. The Labute approximate surface area is 294 Å². The third-order valence-electron chi connectivity index (χ3n) is 8.95. The lowest BCUT2D eigenvalue weighted by Gasteiger charge is -2.38. The summed E-state index contributed by atoms with van der Waals surface area (Å²) in [5.41, 5.74) is 4.65. The van der Waals surface area contributed by atoms with Gasteiger partial charge in [-0.3, -0.25) is 14.1 Å². The molecule has 1 aliphatic rings. The molecule has 12 heteroatoms. The fraction of sp³-hybridized carbons (Fsp3) is 0.231. The average Bonchev–Trinajstić information content (AvgIpc) is 3.54. The van der Waals surface area contributed by atoms with Crippen LogP contribution in [-0.2, 0) is 0 Å². The summed E-state index contributed by atoms with van der Waals surface area (Å²) in [4.78, 5) is 32.3. The highest BCUT2D eigenvalue weighted by molar-refractivity contribution is 6.05. The number of amides is 1. The third-order valence-corrected chi connectivity index (χ3v) is 8.95. The van der Waals surface area contributed by atoms with Gasteiger partial charge in [-0.2, -0.15) is 0 Å². The molecule has 1 aliphatic heterocycles. The lowest BCUT2D eigenvalue weighted by molar-refractivity contribution is 0.102. The van der Waals surface area contributed by atoms with Crippen molar-refractivity contribution in [1.29, 1.82) is 0 Å². The van der Waals surface area contributed by atoms with Crippen LogP contribution in [0.3, 0.4) is 0 Å². The van der Waals surface area contributed by atoms with Crippen molar-refractivity contribution < 1.29 is 18.3 Å². The largest absolute Gasteiger partial charge is 0.492 e. The van der Waals surface area contributed by atoms with Crippen molar-refractivity contribution in [2.24, 2.45) is 0 Å². The highest BCUT2D eigenvalue weighted by Crippen LogP contribution is 2.35. The Morgan fingerprint density at radius 3 is 2.45 bits per heavy atom. The minimum absolute atomic E-state index is 0.205. The summed E-state index contributed by atoms with van der Waals surface area (Å²) in [5, 5.41) is 5.72. The second-order valence-electron chi connectivity index (χ2n) is 12.5. The molecule has 7 rings (SSSR count). The highest BCUT2D eigenvalue weighted by Gasteiger charge is 2.22. The van der Waals surface area contributed by atoms with Crippen LogP contribution >= 0.6 is 0 Å². The fourth-order valence-corrected chi connectivity index (χ4v) is 6.31. The SMILES string of the molecule is CCOc1cc(N2CCN(C(C)C)CC2)ccc1Nc1nccc(-c2c(-c3cccc(C(=O)Nc4c(F)cccc4F)c3)nc3ccccn23)n1. The summed E-state index contributed by atoms with van der Waals surface area (Å²) in [5.74, 6) is -1.31. The predicted molar refractivity (Wildman–Crippen MR) is 196 cm³/mol. The lowest BCUT2D eigenvalue weighted by atomic mass is 10.0. The Kier molecular flexibility index (Phi) is 9.58. The second kappa shape index (κ2) is 14.5. The monoisotopic (exact) mass is 688 g/mol. The van der Waals surface area contributed by atoms with Crippen LogP contribution in [0.5, 0.6) is 5.75 Å². The summed E-state index contributed by atoms with van der Waals surface area (Å²) in [6.45, 7) is 10.8. The van der Waals surface area contributed by atoms with E-state index >= 15 is 0 Å². The van der Waals surface area contributed by atoms with E-state index in [-0.39, 0.29) is 5.56 Å². The number of imidazole rings is 1. The molecule has 0 aliphatic carbocycles. The van der Waals surface area contributed by atoms with Gasteiger partial charge in [-0.1, -0.05) is 24.3 Å². The number of benzene rings is 3. The maximum Gasteiger partial charge on any atom is 0.255 e. The Hall–Kier alpha value is -5.88. The number of fused-ring (bicyclic) bond motifs is 1. The van der Waals surface area contributed by atoms with Gasteiger partial charge in [0.1, 0.15) is 28.7 Å². The maximum absolute atomic E-state index is 14.3. The van der Waals surface area contributed by atoms with Gasteiger partial charge in [0.25, 0.3) is 5.91 Å². The van der Waals surface area contributed by atoms with Crippen LogP contribution in [-0.4, -0.2) is 69.0 Å². The molecule has 0 spiro atoms. The van der Waals surface area contributed by atoms with Crippen LogP contribution in [0, 0.1) is 11.6 Å². The summed E-state index contributed by atoms with van der Waals surface area (Å²) < 4.78 is 36.6. The zero-order valence-corrected chi connectivity index (χ0v) is 28.6. The predicted octanol–water partition coefficient (Wildman–Crippen LogP) is 7.66. The first-order chi connectivity index (χ1) is 24.8. The highest BCUT2D eigenvalue weighted by atomic mass is 19.1. The van der Waals surface area contributed by atoms with Crippen molar-refractivity contribution >= 4 is 34.6 Å². The molecule has 3 aromatic heterocycles. The first kappa shape index (κ1) is 33.6. The zero-order chi connectivity index (χ0) is 35.5. The molecule has 3 aromatic carbocycles. The number of nitrogens with zero attached hydrogens (tertiary/aromatic N) is 6. The normalized spacial score (nSPS) is 13.5. The van der Waals surface area contributed by atoms with E-state index in [9.17, 15) is 13.6 Å². The molecule has 0 atom stereocenters. The first-order valence-corrected chi connectivity index (χ1v) is 17.0. The molecule has 4 heterocycles. The van der Waals surface area contributed by atoms with Crippen molar-refractivity contribution in [2.75, 3.05) is 48.3 Å². The van der Waals surface area contributed by atoms with E-state index in [0.717, 1.165) is 49.7 Å². The van der Waals surface area contributed by atoms with Crippen molar-refractivity contribution in [1.82, 2.24) is 24.3 Å². The van der Waals surface area contributed by atoms with Crippen LogP contribution in [0.15, 0.2) is 97.3 Å². The van der Waals surface area contributed by atoms with Crippen LogP contribution < -0.4 is 20.3 Å². The summed E-state index contributed by atoms with van der Waals surface area (Å²) in [6.07, 6.45) is 3.56. The summed E-state index contributed by atoms with van der Waals surface area (Å²) in [7, 11) is 0. The Morgan fingerprint density at radius 1 is 0.902 bits per heavy atom. The van der Waals surface area contributed by atoms with Gasteiger partial charge in [0.2, 0.25) is 5.95 Å². The van der Waals surface area contributed by atoms with Gasteiger partial charge in [0, 0.05) is 67.5 Å². The molecular formula is C39H38F2N8O2. The van der Waals surface area contributed by atoms with Gasteiger partial charge in [-0.25, -0.2) is 23.7 Å². The number of carbonyl (C=O) groups excluding carboxylic acids is 1. The smallest absolute Gasteiger partial charge is 0.255 e. The van der Waals surface area contributed by atoms with Gasteiger partial charge in [0.05, 0.1) is 29.4 Å². The summed E-state index contributed by atoms with van der Waals surface area (Å²) in [6, 6.07) is 24.3. The maximum atomic E-state index is 14.3. The van der Waals surface area contributed by atoms with E-state index in [4.69, 9.17) is 14.7 Å². The van der Waals surface area contributed by atoms with Crippen LogP contribution in [0.4, 0.5) is 31.8 Å². The number of hydrogen-bond acceptors (Lipinski definition) is 8. The molecule has 1 amide bonds. The molecule has 10 nitrogen and oxygen atoms in total. The zero-order valence-electron chi connectivity index (χ0n) is 28.6. The molecule has 0 saturated carbocycles. The fourth-order valence-electron chi connectivity index (χ4n) is 6.31. The molecule has 51 heavy (non-hydrogen) atoms. The number of aromatic nitrogens is 4. The number of para-hydroxylation sites is 1. The molecular weight excluding hydrogens is 650 g/mol. The molecule has 0 bridgehead atoms. The van der Waals surface area contributed by atoms with Gasteiger partial charge in [-0.05, 0) is 75.4 Å². The average molecular weight is 689 g/mol. The molecule has 260 valence electrons. The number of carbonyl (C=O) groups is 1. The number of piperazine rings is 1. The number of ether oxygens (including phenoxy) is 1. The van der Waals surface area contributed by atoms with Gasteiger partial charge >= 0.3 is 0 Å². The molecule has 1 saturated heterocycles. The van der Waals surface area contributed by atoms with Crippen molar-refractivity contribution in [3.63, 3.8) is 0 Å². The molecule has 0 unspecified atom stereocenters. The minimum Gasteiger partial charge on any atom is -0.492 e. The molecule has 0 radical (unpaired) electrons. The van der Waals surface area contributed by atoms with Crippen molar-refractivity contribution in [3.8, 4) is 28.4 Å². The lowest BCUT2D eigenvalue weighted by Crippen LogP contribution is -2.48. The Morgan fingerprint density at radius 2 is 1.69 bits per heavy atom. The van der Waals surface area contributed by atoms with E-state index in [2.05, 4.69) is 51.4 Å². The Bertz CT molecular complexity index is 2180. The molecule has 6 aromatic rings.